The fourth-order valence-electron chi connectivity index (χ4n) is 6.28. The summed E-state index contributed by atoms with van der Waals surface area (Å²) in [6.45, 7) is 11.8. The second-order valence-electron chi connectivity index (χ2n) is 8.15. The van der Waals surface area contributed by atoms with Crippen LogP contribution < -0.4 is 0 Å². The van der Waals surface area contributed by atoms with E-state index in [9.17, 15) is 0 Å². The Morgan fingerprint density at radius 2 is 1.95 bits per heavy atom. The van der Waals surface area contributed by atoms with Crippen molar-refractivity contribution in [3.8, 4) is 0 Å². The van der Waals surface area contributed by atoms with E-state index in [0.29, 0.717) is 10.8 Å². The van der Waals surface area contributed by atoms with Gasteiger partial charge in [-0.15, -0.1) is 0 Å². The van der Waals surface area contributed by atoms with Crippen molar-refractivity contribution < 1.29 is 4.74 Å². The van der Waals surface area contributed by atoms with E-state index >= 15 is 0 Å². The third kappa shape index (κ3) is 1.83. The molecule has 0 aromatic heterocycles. The van der Waals surface area contributed by atoms with Gasteiger partial charge in [0, 0.05) is 6.61 Å². The molecular formula is C18H32O. The third-order valence-electron chi connectivity index (χ3n) is 7.32. The van der Waals surface area contributed by atoms with E-state index in [1.165, 1.54) is 32.1 Å². The molecule has 0 aliphatic heterocycles. The topological polar surface area (TPSA) is 9.23 Å². The molecule has 3 fully saturated rings. The minimum Gasteiger partial charge on any atom is -0.381 e. The molecule has 0 aromatic carbocycles. The molecule has 3 rings (SSSR count). The first kappa shape index (κ1) is 13.9. The molecule has 0 radical (unpaired) electrons. The van der Waals surface area contributed by atoms with Crippen LogP contribution in [0.1, 0.15) is 66.2 Å². The first-order chi connectivity index (χ1) is 9.04. The highest BCUT2D eigenvalue weighted by atomic mass is 16.5. The molecule has 1 nitrogen and oxygen atoms in total. The van der Waals surface area contributed by atoms with Gasteiger partial charge in [0.2, 0.25) is 0 Å². The van der Waals surface area contributed by atoms with Crippen LogP contribution in [-0.2, 0) is 4.74 Å². The van der Waals surface area contributed by atoms with Crippen LogP contribution in [0.25, 0.3) is 0 Å². The highest BCUT2D eigenvalue weighted by Crippen LogP contribution is 2.72. The molecule has 0 aromatic rings. The standard InChI is InChI=1S/C18H32O/c1-5-10-19-12-17(4)15-11-18(9-8-13(15)2)14(3)6-7-16(17)18/h13-16H,5-12H2,1-4H3/t13-,14-,15+,16+,17+,18+/m1/s1. The van der Waals surface area contributed by atoms with E-state index in [2.05, 4.69) is 27.7 Å². The smallest absolute Gasteiger partial charge is 0.0525 e. The van der Waals surface area contributed by atoms with Crippen LogP contribution in [0.4, 0.5) is 0 Å². The Labute approximate surface area is 119 Å². The van der Waals surface area contributed by atoms with E-state index < -0.39 is 0 Å². The van der Waals surface area contributed by atoms with Crippen LogP contribution in [0.5, 0.6) is 0 Å². The van der Waals surface area contributed by atoms with Crippen LogP contribution in [0.2, 0.25) is 0 Å². The largest absolute Gasteiger partial charge is 0.381 e. The molecule has 2 bridgehead atoms. The average molecular weight is 264 g/mol. The van der Waals surface area contributed by atoms with Gasteiger partial charge < -0.3 is 4.74 Å². The SMILES string of the molecule is CCCOC[C@@]1(C)[C@H]2C[C@@]3(CC[C@H]2C)[C@H](C)CC[C@@H]13. The van der Waals surface area contributed by atoms with Gasteiger partial charge in [0.05, 0.1) is 6.61 Å². The summed E-state index contributed by atoms with van der Waals surface area (Å²) < 4.78 is 6.07. The highest BCUT2D eigenvalue weighted by molar-refractivity contribution is 5.14. The first-order valence-corrected chi connectivity index (χ1v) is 8.62. The highest BCUT2D eigenvalue weighted by Gasteiger charge is 2.66. The van der Waals surface area contributed by atoms with Crippen LogP contribution in [0, 0.1) is 34.5 Å². The molecule has 3 aliphatic rings. The molecule has 0 saturated heterocycles. The molecule has 3 saturated carbocycles. The van der Waals surface area contributed by atoms with Gasteiger partial charge in [-0.1, -0.05) is 27.7 Å². The van der Waals surface area contributed by atoms with Crippen molar-refractivity contribution in [3.05, 3.63) is 0 Å². The maximum absolute atomic E-state index is 6.07. The van der Waals surface area contributed by atoms with Crippen LogP contribution in [0.3, 0.4) is 0 Å². The van der Waals surface area contributed by atoms with E-state index in [1.54, 1.807) is 0 Å². The van der Waals surface area contributed by atoms with Crippen molar-refractivity contribution >= 4 is 0 Å². The fourth-order valence-corrected chi connectivity index (χ4v) is 6.28. The second kappa shape index (κ2) is 4.76. The Morgan fingerprint density at radius 3 is 2.68 bits per heavy atom. The van der Waals surface area contributed by atoms with Gasteiger partial charge in [-0.05, 0) is 73.0 Å². The minimum absolute atomic E-state index is 0.468. The van der Waals surface area contributed by atoms with Gasteiger partial charge in [-0.3, -0.25) is 0 Å². The van der Waals surface area contributed by atoms with Gasteiger partial charge in [-0.2, -0.15) is 0 Å². The summed E-state index contributed by atoms with van der Waals surface area (Å²) in [5, 5.41) is 0. The van der Waals surface area contributed by atoms with Gasteiger partial charge in [0.1, 0.15) is 0 Å². The first-order valence-electron chi connectivity index (χ1n) is 8.62. The molecule has 0 unspecified atom stereocenters. The summed E-state index contributed by atoms with van der Waals surface area (Å²) in [5.74, 6) is 3.74. The lowest BCUT2D eigenvalue weighted by molar-refractivity contribution is -0.00972. The third-order valence-corrected chi connectivity index (χ3v) is 7.32. The molecular weight excluding hydrogens is 232 g/mol. The summed E-state index contributed by atoms with van der Waals surface area (Å²) in [6, 6.07) is 0. The fraction of sp³-hybridized carbons (Fsp3) is 1.00. The van der Waals surface area contributed by atoms with Crippen LogP contribution in [0.15, 0.2) is 0 Å². The second-order valence-corrected chi connectivity index (χ2v) is 8.15. The maximum Gasteiger partial charge on any atom is 0.0525 e. The van der Waals surface area contributed by atoms with E-state index in [0.717, 1.165) is 43.3 Å². The van der Waals surface area contributed by atoms with Crippen molar-refractivity contribution in [3.63, 3.8) is 0 Å². The van der Waals surface area contributed by atoms with E-state index in [1.807, 2.05) is 0 Å². The van der Waals surface area contributed by atoms with Gasteiger partial charge in [0.15, 0.2) is 0 Å². The molecule has 1 spiro atoms. The number of hydrogen-bond acceptors (Lipinski definition) is 1. The van der Waals surface area contributed by atoms with Gasteiger partial charge in [-0.25, -0.2) is 0 Å². The number of rotatable bonds is 4. The van der Waals surface area contributed by atoms with Gasteiger partial charge >= 0.3 is 0 Å². The monoisotopic (exact) mass is 264 g/mol. The van der Waals surface area contributed by atoms with Crippen molar-refractivity contribution in [2.45, 2.75) is 66.2 Å². The lowest BCUT2D eigenvalue weighted by atomic mass is 9.66. The Balaban J connectivity index is 1.86. The molecule has 0 N–H and O–H groups in total. The van der Waals surface area contributed by atoms with Crippen LogP contribution >= 0.6 is 0 Å². The minimum atomic E-state index is 0.468. The zero-order valence-corrected chi connectivity index (χ0v) is 13.4. The Kier molecular flexibility index (Phi) is 3.48. The summed E-state index contributed by atoms with van der Waals surface area (Å²) in [7, 11) is 0. The predicted molar refractivity (Wildman–Crippen MR) is 80.0 cm³/mol. The summed E-state index contributed by atoms with van der Waals surface area (Å²) in [6.07, 6.45) is 8.56. The quantitative estimate of drug-likeness (QED) is 0.656. The van der Waals surface area contributed by atoms with Crippen molar-refractivity contribution in [2.75, 3.05) is 13.2 Å². The van der Waals surface area contributed by atoms with E-state index in [4.69, 9.17) is 4.74 Å². The Morgan fingerprint density at radius 1 is 1.16 bits per heavy atom. The zero-order valence-electron chi connectivity index (χ0n) is 13.4. The lowest BCUT2D eigenvalue weighted by Gasteiger charge is -2.39. The van der Waals surface area contributed by atoms with Crippen molar-refractivity contribution in [1.82, 2.24) is 0 Å². The number of ether oxygens (including phenoxy) is 1. The molecule has 19 heavy (non-hydrogen) atoms. The molecule has 0 heterocycles. The average Bonchev–Trinajstić information content (AvgIpc) is 2.80. The predicted octanol–water partition coefficient (Wildman–Crippen LogP) is 4.90. The number of fused-ring (bicyclic) bond motifs is 1. The summed E-state index contributed by atoms with van der Waals surface area (Å²) in [4.78, 5) is 0. The molecule has 3 aliphatic carbocycles. The molecule has 6 atom stereocenters. The lowest BCUT2D eigenvalue weighted by Crippen LogP contribution is -2.36. The maximum atomic E-state index is 6.07. The van der Waals surface area contributed by atoms with Crippen molar-refractivity contribution in [2.24, 2.45) is 34.5 Å². The summed E-state index contributed by atoms with van der Waals surface area (Å²) in [5.41, 5.74) is 1.16. The molecule has 0 amide bonds. The zero-order chi connectivity index (χ0) is 13.7. The Bertz CT molecular complexity index is 339. The molecule has 1 heteroatoms. The van der Waals surface area contributed by atoms with Crippen molar-refractivity contribution in [1.29, 1.82) is 0 Å². The summed E-state index contributed by atoms with van der Waals surface area (Å²) >= 11 is 0. The normalized spacial score (nSPS) is 52.4. The van der Waals surface area contributed by atoms with Crippen LogP contribution in [-0.4, -0.2) is 13.2 Å². The molecule has 110 valence electrons. The van der Waals surface area contributed by atoms with E-state index in [-0.39, 0.29) is 0 Å². The Hall–Kier alpha value is -0.0400. The number of hydrogen-bond donors (Lipinski definition) is 0. The van der Waals surface area contributed by atoms with Gasteiger partial charge in [0.25, 0.3) is 0 Å².